The summed E-state index contributed by atoms with van der Waals surface area (Å²) in [5.41, 5.74) is 0. The predicted octanol–water partition coefficient (Wildman–Crippen LogP) is 1.84. The molecular formula is C13H20N2OS. The van der Waals surface area contributed by atoms with Crippen molar-refractivity contribution in [3.8, 4) is 0 Å². The van der Waals surface area contributed by atoms with Crippen LogP contribution < -0.4 is 0 Å². The standard InChI is InChI=1S/C13H20N2OS/c1-11-10-15(8-7-14(11)2)13(16)6-5-12-4-3-9-17-12/h3-4,9,11H,5-8,10H2,1-2H3. The number of carbonyl (C=O) groups is 1. The minimum atomic E-state index is 0.304. The summed E-state index contributed by atoms with van der Waals surface area (Å²) in [6.07, 6.45) is 1.54. The second kappa shape index (κ2) is 5.65. The molecule has 1 atom stereocenters. The van der Waals surface area contributed by atoms with Crippen molar-refractivity contribution in [3.05, 3.63) is 22.4 Å². The van der Waals surface area contributed by atoms with Crippen molar-refractivity contribution in [2.75, 3.05) is 26.7 Å². The number of piperazine rings is 1. The highest BCUT2D eigenvalue weighted by atomic mass is 32.1. The smallest absolute Gasteiger partial charge is 0.223 e. The lowest BCUT2D eigenvalue weighted by Gasteiger charge is -2.37. The maximum Gasteiger partial charge on any atom is 0.223 e. The van der Waals surface area contributed by atoms with E-state index in [-0.39, 0.29) is 0 Å². The number of carbonyl (C=O) groups excluding carboxylic acids is 1. The van der Waals surface area contributed by atoms with E-state index in [9.17, 15) is 4.79 Å². The average Bonchev–Trinajstić information content (AvgIpc) is 2.82. The molecule has 0 N–H and O–H groups in total. The van der Waals surface area contributed by atoms with E-state index in [0.29, 0.717) is 18.4 Å². The minimum absolute atomic E-state index is 0.304. The highest BCUT2D eigenvalue weighted by Crippen LogP contribution is 2.13. The first-order valence-corrected chi connectivity index (χ1v) is 7.05. The van der Waals surface area contributed by atoms with Crippen LogP contribution >= 0.6 is 11.3 Å². The normalized spacial score (nSPS) is 21.8. The van der Waals surface area contributed by atoms with Gasteiger partial charge in [-0.1, -0.05) is 6.07 Å². The zero-order chi connectivity index (χ0) is 12.3. The number of likely N-dealkylation sites (N-methyl/N-ethyl adjacent to an activating group) is 1. The Morgan fingerprint density at radius 1 is 1.53 bits per heavy atom. The monoisotopic (exact) mass is 252 g/mol. The van der Waals surface area contributed by atoms with Gasteiger partial charge in [-0.2, -0.15) is 0 Å². The van der Waals surface area contributed by atoms with Gasteiger partial charge < -0.3 is 9.80 Å². The molecule has 94 valence electrons. The van der Waals surface area contributed by atoms with E-state index in [4.69, 9.17) is 0 Å². The van der Waals surface area contributed by atoms with Crippen LogP contribution in [0, 0.1) is 0 Å². The molecule has 1 aromatic rings. The fraction of sp³-hybridized carbons (Fsp3) is 0.615. The van der Waals surface area contributed by atoms with Crippen molar-refractivity contribution >= 4 is 17.2 Å². The molecule has 0 aromatic carbocycles. The number of hydrogen-bond donors (Lipinski definition) is 0. The van der Waals surface area contributed by atoms with E-state index in [0.717, 1.165) is 26.1 Å². The Morgan fingerprint density at radius 2 is 2.35 bits per heavy atom. The molecule has 0 spiro atoms. The molecule has 0 aliphatic carbocycles. The highest BCUT2D eigenvalue weighted by Gasteiger charge is 2.23. The van der Waals surface area contributed by atoms with Crippen LogP contribution in [0.5, 0.6) is 0 Å². The number of rotatable bonds is 3. The first kappa shape index (κ1) is 12.6. The summed E-state index contributed by atoms with van der Waals surface area (Å²) in [5.74, 6) is 0.304. The van der Waals surface area contributed by atoms with Crippen LogP contribution in [0.4, 0.5) is 0 Å². The van der Waals surface area contributed by atoms with Crippen molar-refractivity contribution in [2.24, 2.45) is 0 Å². The molecule has 1 aromatic heterocycles. The van der Waals surface area contributed by atoms with Crippen LogP contribution in [-0.4, -0.2) is 48.4 Å². The van der Waals surface area contributed by atoms with Crippen molar-refractivity contribution in [2.45, 2.75) is 25.8 Å². The fourth-order valence-electron chi connectivity index (χ4n) is 2.12. The maximum absolute atomic E-state index is 12.1. The largest absolute Gasteiger partial charge is 0.340 e. The first-order chi connectivity index (χ1) is 8.16. The van der Waals surface area contributed by atoms with E-state index < -0.39 is 0 Å². The van der Waals surface area contributed by atoms with Gasteiger partial charge in [0.25, 0.3) is 0 Å². The SMILES string of the molecule is CC1CN(C(=O)CCc2cccs2)CCN1C. The molecule has 0 bridgehead atoms. The number of hydrogen-bond acceptors (Lipinski definition) is 3. The van der Waals surface area contributed by atoms with E-state index in [1.54, 1.807) is 11.3 Å². The third-order valence-electron chi connectivity index (χ3n) is 3.48. The van der Waals surface area contributed by atoms with E-state index >= 15 is 0 Å². The first-order valence-electron chi connectivity index (χ1n) is 6.17. The van der Waals surface area contributed by atoms with E-state index in [1.165, 1.54) is 4.88 Å². The predicted molar refractivity (Wildman–Crippen MR) is 71.3 cm³/mol. The average molecular weight is 252 g/mol. The van der Waals surface area contributed by atoms with Crippen molar-refractivity contribution in [1.82, 2.24) is 9.80 Å². The number of thiophene rings is 1. The third-order valence-corrected chi connectivity index (χ3v) is 4.41. The fourth-order valence-corrected chi connectivity index (χ4v) is 2.83. The molecule has 0 saturated carbocycles. The van der Waals surface area contributed by atoms with Crippen molar-refractivity contribution in [3.63, 3.8) is 0 Å². The molecule has 3 nitrogen and oxygen atoms in total. The number of amides is 1. The van der Waals surface area contributed by atoms with Crippen molar-refractivity contribution in [1.29, 1.82) is 0 Å². The molecule has 1 aliphatic rings. The van der Waals surface area contributed by atoms with Crippen LogP contribution in [0.3, 0.4) is 0 Å². The molecule has 4 heteroatoms. The molecule has 1 amide bonds. The van der Waals surface area contributed by atoms with Gasteiger partial charge in [0.2, 0.25) is 5.91 Å². The molecule has 17 heavy (non-hydrogen) atoms. The van der Waals surface area contributed by atoms with Gasteiger partial charge in [0.05, 0.1) is 0 Å². The number of aryl methyl sites for hydroxylation is 1. The molecule has 1 unspecified atom stereocenters. The Hall–Kier alpha value is -0.870. The van der Waals surface area contributed by atoms with Gasteiger partial charge >= 0.3 is 0 Å². The lowest BCUT2D eigenvalue weighted by Crippen LogP contribution is -2.52. The zero-order valence-corrected chi connectivity index (χ0v) is 11.4. The summed E-state index contributed by atoms with van der Waals surface area (Å²) < 4.78 is 0. The van der Waals surface area contributed by atoms with Gasteiger partial charge in [-0.25, -0.2) is 0 Å². The second-order valence-electron chi connectivity index (χ2n) is 4.75. The van der Waals surface area contributed by atoms with Gasteiger partial charge in [0.1, 0.15) is 0 Å². The summed E-state index contributed by atoms with van der Waals surface area (Å²) in [4.78, 5) is 17.7. The summed E-state index contributed by atoms with van der Waals surface area (Å²) >= 11 is 1.73. The van der Waals surface area contributed by atoms with Crippen LogP contribution in [0.15, 0.2) is 17.5 Å². The Kier molecular flexibility index (Phi) is 4.18. The lowest BCUT2D eigenvalue weighted by molar-refractivity contribution is -0.133. The summed E-state index contributed by atoms with van der Waals surface area (Å²) in [6.45, 7) is 4.93. The third kappa shape index (κ3) is 3.30. The van der Waals surface area contributed by atoms with Gasteiger partial charge in [0, 0.05) is 37.0 Å². The molecule has 0 radical (unpaired) electrons. The maximum atomic E-state index is 12.1. The van der Waals surface area contributed by atoms with Crippen molar-refractivity contribution < 1.29 is 4.79 Å². The Labute approximate surface area is 107 Å². The summed E-state index contributed by atoms with van der Waals surface area (Å²) in [5, 5.41) is 2.07. The molecule has 1 aliphatic heterocycles. The van der Waals surface area contributed by atoms with Gasteiger partial charge in [-0.3, -0.25) is 4.79 Å². The van der Waals surface area contributed by atoms with Crippen LogP contribution in [0.25, 0.3) is 0 Å². The highest BCUT2D eigenvalue weighted by molar-refractivity contribution is 7.09. The van der Waals surface area contributed by atoms with Gasteiger partial charge in [-0.15, -0.1) is 11.3 Å². The van der Waals surface area contributed by atoms with E-state index in [2.05, 4.69) is 30.3 Å². The molecular weight excluding hydrogens is 232 g/mol. The summed E-state index contributed by atoms with van der Waals surface area (Å²) in [7, 11) is 2.12. The molecule has 1 fully saturated rings. The Bertz CT molecular complexity index is 364. The van der Waals surface area contributed by atoms with Gasteiger partial charge in [0.15, 0.2) is 0 Å². The quantitative estimate of drug-likeness (QED) is 0.819. The molecule has 2 rings (SSSR count). The Balaban J connectivity index is 1.80. The topological polar surface area (TPSA) is 23.6 Å². The lowest BCUT2D eigenvalue weighted by atomic mass is 10.1. The molecule has 2 heterocycles. The zero-order valence-electron chi connectivity index (χ0n) is 10.6. The summed E-state index contributed by atoms with van der Waals surface area (Å²) in [6, 6.07) is 4.63. The Morgan fingerprint density at radius 3 is 3.00 bits per heavy atom. The van der Waals surface area contributed by atoms with E-state index in [1.807, 2.05) is 11.0 Å². The van der Waals surface area contributed by atoms with Crippen LogP contribution in [-0.2, 0) is 11.2 Å². The molecule has 1 saturated heterocycles. The van der Waals surface area contributed by atoms with Crippen LogP contribution in [0.2, 0.25) is 0 Å². The number of nitrogens with zero attached hydrogens (tertiary/aromatic N) is 2. The van der Waals surface area contributed by atoms with Gasteiger partial charge in [-0.05, 0) is 31.8 Å². The van der Waals surface area contributed by atoms with Crippen LogP contribution in [0.1, 0.15) is 18.2 Å². The second-order valence-corrected chi connectivity index (χ2v) is 5.78. The minimum Gasteiger partial charge on any atom is -0.340 e.